The average molecular weight is 191 g/mol. The summed E-state index contributed by atoms with van der Waals surface area (Å²) in [6.07, 6.45) is 4.03. The summed E-state index contributed by atoms with van der Waals surface area (Å²) in [6, 6.07) is 7.42. The van der Waals surface area contributed by atoms with E-state index in [-0.39, 0.29) is 5.82 Å². The fourth-order valence-electron chi connectivity index (χ4n) is 2.72. The molecular formula is C12H14FN. The molecule has 1 heterocycles. The molecule has 1 aliphatic carbocycles. The minimum atomic E-state index is -0.143. The third-order valence-corrected chi connectivity index (χ3v) is 3.82. The molecule has 1 atom stereocenters. The van der Waals surface area contributed by atoms with Gasteiger partial charge in [0.2, 0.25) is 0 Å². The van der Waals surface area contributed by atoms with E-state index in [1.807, 2.05) is 12.1 Å². The number of halogens is 1. The van der Waals surface area contributed by atoms with Crippen molar-refractivity contribution in [3.8, 4) is 0 Å². The van der Waals surface area contributed by atoms with Gasteiger partial charge in [0.1, 0.15) is 5.82 Å². The standard InChI is InChI=1S/C12H14FN/c13-10-4-2-9(3-5-10)11-12(8-14-11)6-1-7-12/h2-5,11,14H,1,6-8H2. The van der Waals surface area contributed by atoms with Gasteiger partial charge in [-0.2, -0.15) is 0 Å². The predicted octanol–water partition coefficient (Wildman–Crippen LogP) is 2.64. The zero-order valence-electron chi connectivity index (χ0n) is 8.09. The molecule has 1 aliphatic heterocycles. The minimum Gasteiger partial charge on any atom is -0.309 e. The highest BCUT2D eigenvalue weighted by Crippen LogP contribution is 2.55. The van der Waals surface area contributed by atoms with E-state index in [4.69, 9.17) is 0 Å². The average Bonchev–Trinajstić information content (AvgIpc) is 2.04. The van der Waals surface area contributed by atoms with Crippen molar-refractivity contribution >= 4 is 0 Å². The zero-order valence-corrected chi connectivity index (χ0v) is 8.09. The molecule has 1 nitrogen and oxygen atoms in total. The zero-order chi connectivity index (χ0) is 9.60. The van der Waals surface area contributed by atoms with E-state index in [9.17, 15) is 4.39 Å². The fraction of sp³-hybridized carbons (Fsp3) is 0.500. The molecule has 74 valence electrons. The Hall–Kier alpha value is -0.890. The molecule has 0 radical (unpaired) electrons. The molecule has 0 aromatic heterocycles. The Morgan fingerprint density at radius 3 is 2.36 bits per heavy atom. The van der Waals surface area contributed by atoms with Gasteiger partial charge in [0.05, 0.1) is 0 Å². The third kappa shape index (κ3) is 1.04. The van der Waals surface area contributed by atoms with Crippen LogP contribution in [0.25, 0.3) is 0 Å². The van der Waals surface area contributed by atoms with Crippen molar-refractivity contribution in [2.75, 3.05) is 6.54 Å². The van der Waals surface area contributed by atoms with E-state index in [0.717, 1.165) is 6.54 Å². The molecule has 1 saturated carbocycles. The maximum atomic E-state index is 12.7. The molecule has 1 unspecified atom stereocenters. The smallest absolute Gasteiger partial charge is 0.123 e. The van der Waals surface area contributed by atoms with Crippen LogP contribution in [0, 0.1) is 11.2 Å². The Bertz CT molecular complexity index is 334. The van der Waals surface area contributed by atoms with Crippen LogP contribution in [0.3, 0.4) is 0 Å². The van der Waals surface area contributed by atoms with Crippen molar-refractivity contribution in [2.45, 2.75) is 25.3 Å². The van der Waals surface area contributed by atoms with Crippen LogP contribution in [-0.2, 0) is 0 Å². The monoisotopic (exact) mass is 191 g/mol. The summed E-state index contributed by atoms with van der Waals surface area (Å²) in [5.74, 6) is -0.143. The molecule has 1 spiro atoms. The van der Waals surface area contributed by atoms with Crippen molar-refractivity contribution in [1.82, 2.24) is 5.32 Å². The largest absolute Gasteiger partial charge is 0.309 e. The van der Waals surface area contributed by atoms with E-state index in [1.54, 1.807) is 12.1 Å². The normalized spacial score (nSPS) is 28.2. The Labute approximate surface area is 83.3 Å². The van der Waals surface area contributed by atoms with Crippen LogP contribution < -0.4 is 5.32 Å². The highest BCUT2D eigenvalue weighted by Gasteiger charge is 2.50. The van der Waals surface area contributed by atoms with Crippen LogP contribution in [0.2, 0.25) is 0 Å². The molecule has 0 amide bonds. The van der Waals surface area contributed by atoms with Gasteiger partial charge in [-0.05, 0) is 30.5 Å². The summed E-state index contributed by atoms with van der Waals surface area (Å²) < 4.78 is 12.7. The van der Waals surface area contributed by atoms with Gasteiger partial charge in [0.25, 0.3) is 0 Å². The predicted molar refractivity (Wildman–Crippen MR) is 53.4 cm³/mol. The maximum Gasteiger partial charge on any atom is 0.123 e. The SMILES string of the molecule is Fc1ccc(C2NCC23CCC3)cc1. The molecule has 1 aromatic carbocycles. The number of benzene rings is 1. The van der Waals surface area contributed by atoms with Gasteiger partial charge in [0.15, 0.2) is 0 Å². The van der Waals surface area contributed by atoms with E-state index in [2.05, 4.69) is 5.32 Å². The van der Waals surface area contributed by atoms with Crippen LogP contribution in [0.1, 0.15) is 30.9 Å². The molecule has 3 rings (SSSR count). The van der Waals surface area contributed by atoms with Gasteiger partial charge >= 0.3 is 0 Å². The summed E-state index contributed by atoms with van der Waals surface area (Å²) in [6.45, 7) is 1.15. The molecule has 1 saturated heterocycles. The second-order valence-electron chi connectivity index (χ2n) is 4.58. The van der Waals surface area contributed by atoms with Crippen molar-refractivity contribution in [3.05, 3.63) is 35.6 Å². The van der Waals surface area contributed by atoms with Crippen LogP contribution in [-0.4, -0.2) is 6.54 Å². The lowest BCUT2D eigenvalue weighted by Gasteiger charge is -2.57. The molecule has 2 aliphatic rings. The topological polar surface area (TPSA) is 12.0 Å². The Balaban J connectivity index is 1.85. The summed E-state index contributed by atoms with van der Waals surface area (Å²) in [4.78, 5) is 0. The second-order valence-corrected chi connectivity index (χ2v) is 4.58. The van der Waals surface area contributed by atoms with Gasteiger partial charge in [-0.3, -0.25) is 0 Å². The molecule has 2 heteroatoms. The number of hydrogen-bond acceptors (Lipinski definition) is 1. The molecule has 14 heavy (non-hydrogen) atoms. The number of nitrogens with one attached hydrogen (secondary N) is 1. The first-order chi connectivity index (χ1) is 6.80. The lowest BCUT2D eigenvalue weighted by Crippen LogP contribution is -2.59. The summed E-state index contributed by atoms with van der Waals surface area (Å²) in [5, 5.41) is 3.45. The minimum absolute atomic E-state index is 0.143. The second kappa shape index (κ2) is 2.80. The van der Waals surface area contributed by atoms with Gasteiger partial charge in [-0.25, -0.2) is 4.39 Å². The first-order valence-corrected chi connectivity index (χ1v) is 5.29. The van der Waals surface area contributed by atoms with E-state index in [0.29, 0.717) is 11.5 Å². The number of hydrogen-bond donors (Lipinski definition) is 1. The van der Waals surface area contributed by atoms with Crippen LogP contribution in [0.4, 0.5) is 4.39 Å². The van der Waals surface area contributed by atoms with E-state index >= 15 is 0 Å². The van der Waals surface area contributed by atoms with Crippen molar-refractivity contribution in [1.29, 1.82) is 0 Å². The Morgan fingerprint density at radius 1 is 1.21 bits per heavy atom. The van der Waals surface area contributed by atoms with Gasteiger partial charge in [-0.15, -0.1) is 0 Å². The highest BCUT2D eigenvalue weighted by atomic mass is 19.1. The lowest BCUT2D eigenvalue weighted by atomic mass is 9.58. The molecular weight excluding hydrogens is 177 g/mol. The Kier molecular flexibility index (Phi) is 1.68. The first-order valence-electron chi connectivity index (χ1n) is 5.29. The summed E-state index contributed by atoms with van der Waals surface area (Å²) in [7, 11) is 0. The quantitative estimate of drug-likeness (QED) is 0.719. The first kappa shape index (κ1) is 8.42. The summed E-state index contributed by atoms with van der Waals surface area (Å²) in [5.41, 5.74) is 1.77. The van der Waals surface area contributed by atoms with Crippen molar-refractivity contribution < 1.29 is 4.39 Å². The molecule has 2 fully saturated rings. The summed E-state index contributed by atoms with van der Waals surface area (Å²) >= 11 is 0. The molecule has 1 aromatic rings. The molecule has 1 N–H and O–H groups in total. The van der Waals surface area contributed by atoms with Gasteiger partial charge in [0, 0.05) is 18.0 Å². The van der Waals surface area contributed by atoms with Crippen molar-refractivity contribution in [3.63, 3.8) is 0 Å². The van der Waals surface area contributed by atoms with Crippen molar-refractivity contribution in [2.24, 2.45) is 5.41 Å². The fourth-order valence-corrected chi connectivity index (χ4v) is 2.72. The highest BCUT2D eigenvalue weighted by molar-refractivity contribution is 5.27. The van der Waals surface area contributed by atoms with E-state index < -0.39 is 0 Å². The third-order valence-electron chi connectivity index (χ3n) is 3.82. The molecule has 0 bridgehead atoms. The Morgan fingerprint density at radius 2 is 1.93 bits per heavy atom. The maximum absolute atomic E-state index is 12.7. The van der Waals surface area contributed by atoms with E-state index in [1.165, 1.54) is 24.8 Å². The van der Waals surface area contributed by atoms with Crippen LogP contribution >= 0.6 is 0 Å². The van der Waals surface area contributed by atoms with Crippen LogP contribution in [0.5, 0.6) is 0 Å². The van der Waals surface area contributed by atoms with Gasteiger partial charge < -0.3 is 5.32 Å². The van der Waals surface area contributed by atoms with Gasteiger partial charge in [-0.1, -0.05) is 18.6 Å². The van der Waals surface area contributed by atoms with Crippen LogP contribution in [0.15, 0.2) is 24.3 Å². The lowest BCUT2D eigenvalue weighted by molar-refractivity contribution is -0.00567. The number of rotatable bonds is 1.